The monoisotopic (exact) mass is 408 g/mol. The number of halogens is 1. The van der Waals surface area contributed by atoms with Crippen LogP contribution in [0.2, 0.25) is 0 Å². The second-order valence-corrected chi connectivity index (χ2v) is 7.87. The summed E-state index contributed by atoms with van der Waals surface area (Å²) in [4.78, 5) is 40.1. The van der Waals surface area contributed by atoms with Crippen LogP contribution >= 0.6 is 11.3 Å². The summed E-state index contributed by atoms with van der Waals surface area (Å²) in [6, 6.07) is 2.44. The van der Waals surface area contributed by atoms with Gasteiger partial charge in [0.2, 0.25) is 0 Å². The summed E-state index contributed by atoms with van der Waals surface area (Å²) >= 11 is 0.950. The molecule has 0 aliphatic heterocycles. The summed E-state index contributed by atoms with van der Waals surface area (Å²) in [5, 5.41) is 7.61. The van der Waals surface area contributed by atoms with Crippen molar-refractivity contribution in [1.29, 1.82) is 0 Å². The molecule has 8 nitrogen and oxygen atoms in total. The van der Waals surface area contributed by atoms with Gasteiger partial charge in [0.05, 0.1) is 11.8 Å². The molecular formula is C18H21FN4O4S. The quantitative estimate of drug-likeness (QED) is 0.717. The van der Waals surface area contributed by atoms with Gasteiger partial charge in [-0.25, -0.2) is 14.2 Å². The van der Waals surface area contributed by atoms with Crippen LogP contribution in [0.15, 0.2) is 18.3 Å². The minimum absolute atomic E-state index is 0.181. The predicted molar refractivity (Wildman–Crippen MR) is 104 cm³/mol. The molecule has 3 amide bonds. The number of thiazole rings is 1. The molecule has 0 aliphatic carbocycles. The van der Waals surface area contributed by atoms with Gasteiger partial charge in [0, 0.05) is 12.7 Å². The number of aromatic nitrogens is 1. The molecule has 0 fully saturated rings. The Morgan fingerprint density at radius 2 is 1.82 bits per heavy atom. The van der Waals surface area contributed by atoms with Crippen LogP contribution in [0.25, 0.3) is 0 Å². The van der Waals surface area contributed by atoms with E-state index in [0.29, 0.717) is 11.3 Å². The lowest BCUT2D eigenvalue weighted by atomic mass is 10.1. The third kappa shape index (κ3) is 5.49. The van der Waals surface area contributed by atoms with Gasteiger partial charge < -0.3 is 15.4 Å². The van der Waals surface area contributed by atoms with Gasteiger partial charge >= 0.3 is 6.09 Å². The van der Waals surface area contributed by atoms with Crippen molar-refractivity contribution < 1.29 is 23.5 Å². The van der Waals surface area contributed by atoms with E-state index in [1.54, 1.807) is 27.7 Å². The van der Waals surface area contributed by atoms with Crippen LogP contribution in [0, 0.1) is 12.7 Å². The normalized spacial score (nSPS) is 10.9. The van der Waals surface area contributed by atoms with Crippen molar-refractivity contribution in [1.82, 2.24) is 10.3 Å². The Kier molecular flexibility index (Phi) is 6.34. The number of aryl methyl sites for hydroxylation is 1. The fourth-order valence-electron chi connectivity index (χ4n) is 2.13. The number of nitrogens with zero attached hydrogens (tertiary/aromatic N) is 1. The molecule has 0 unspecified atom stereocenters. The molecule has 28 heavy (non-hydrogen) atoms. The third-order valence-corrected chi connectivity index (χ3v) is 4.28. The van der Waals surface area contributed by atoms with E-state index in [9.17, 15) is 18.8 Å². The van der Waals surface area contributed by atoms with E-state index >= 15 is 0 Å². The molecule has 2 aromatic rings. The van der Waals surface area contributed by atoms with Crippen molar-refractivity contribution >= 4 is 40.1 Å². The smallest absolute Gasteiger partial charge is 0.413 e. The molecule has 10 heteroatoms. The van der Waals surface area contributed by atoms with Crippen molar-refractivity contribution in [3.8, 4) is 0 Å². The van der Waals surface area contributed by atoms with Crippen LogP contribution < -0.4 is 16.0 Å². The molecule has 150 valence electrons. The molecule has 0 bridgehead atoms. The minimum atomic E-state index is -0.684. The standard InChI is InChI=1S/C18H21FN4O4S/c1-9-6-11(19)10(14(24)20-5)7-12(9)22-15(25)13-8-21-16(28-13)23-17(26)27-18(2,3)4/h6-8H,1-5H3,(H,20,24)(H,22,25)(H,21,23,26). The van der Waals surface area contributed by atoms with Gasteiger partial charge in [-0.2, -0.15) is 0 Å². The average molecular weight is 408 g/mol. The van der Waals surface area contributed by atoms with E-state index in [-0.39, 0.29) is 15.6 Å². The number of carbonyl (C=O) groups is 3. The minimum Gasteiger partial charge on any atom is -0.444 e. The SMILES string of the molecule is CNC(=O)c1cc(NC(=O)c2cnc(NC(=O)OC(C)(C)C)s2)c(C)cc1F. The predicted octanol–water partition coefficient (Wildman–Crippen LogP) is 3.55. The molecular weight excluding hydrogens is 387 g/mol. The van der Waals surface area contributed by atoms with Gasteiger partial charge in [-0.1, -0.05) is 11.3 Å². The van der Waals surface area contributed by atoms with Crippen molar-refractivity contribution in [2.24, 2.45) is 0 Å². The van der Waals surface area contributed by atoms with Gasteiger partial charge in [0.15, 0.2) is 5.13 Å². The van der Waals surface area contributed by atoms with Crippen LogP contribution in [-0.4, -0.2) is 35.5 Å². The van der Waals surface area contributed by atoms with E-state index < -0.39 is 29.3 Å². The molecule has 3 N–H and O–H groups in total. The number of rotatable bonds is 4. The van der Waals surface area contributed by atoms with Crippen LogP contribution in [0.1, 0.15) is 46.4 Å². The molecule has 0 radical (unpaired) electrons. The Bertz CT molecular complexity index is 921. The highest BCUT2D eigenvalue weighted by Crippen LogP contribution is 2.24. The second-order valence-electron chi connectivity index (χ2n) is 6.84. The zero-order valence-electron chi connectivity index (χ0n) is 16.1. The topological polar surface area (TPSA) is 109 Å². The van der Waals surface area contributed by atoms with Gasteiger partial charge in [-0.15, -0.1) is 0 Å². The Morgan fingerprint density at radius 1 is 1.14 bits per heavy atom. The summed E-state index contributed by atoms with van der Waals surface area (Å²) in [6.07, 6.45) is 0.615. The van der Waals surface area contributed by atoms with E-state index in [2.05, 4.69) is 20.9 Å². The fourth-order valence-corrected chi connectivity index (χ4v) is 2.82. The highest BCUT2D eigenvalue weighted by molar-refractivity contribution is 7.17. The average Bonchev–Trinajstić information content (AvgIpc) is 3.03. The maximum atomic E-state index is 13.9. The fraction of sp³-hybridized carbons (Fsp3) is 0.333. The van der Waals surface area contributed by atoms with Crippen molar-refractivity contribution in [3.63, 3.8) is 0 Å². The number of carbonyl (C=O) groups excluding carboxylic acids is 3. The van der Waals surface area contributed by atoms with Crippen LogP contribution in [0.5, 0.6) is 0 Å². The van der Waals surface area contributed by atoms with Gasteiger partial charge in [-0.05, 0) is 45.4 Å². The largest absolute Gasteiger partial charge is 0.444 e. The maximum Gasteiger partial charge on any atom is 0.413 e. The zero-order chi connectivity index (χ0) is 21.1. The Balaban J connectivity index is 2.13. The number of hydrogen-bond acceptors (Lipinski definition) is 6. The summed E-state index contributed by atoms with van der Waals surface area (Å²) in [5.74, 6) is -1.79. The van der Waals surface area contributed by atoms with E-state index in [1.807, 2.05) is 0 Å². The molecule has 0 atom stereocenters. The lowest BCUT2D eigenvalue weighted by Crippen LogP contribution is -2.27. The summed E-state index contributed by atoms with van der Waals surface area (Å²) in [7, 11) is 1.39. The molecule has 2 rings (SSSR count). The lowest BCUT2D eigenvalue weighted by Gasteiger charge is -2.18. The zero-order valence-corrected chi connectivity index (χ0v) is 16.9. The molecule has 1 aromatic carbocycles. The summed E-state index contributed by atoms with van der Waals surface area (Å²) in [6.45, 7) is 6.79. The first-order valence-corrected chi connectivity index (χ1v) is 9.11. The second kappa shape index (κ2) is 8.34. The molecule has 0 spiro atoms. The van der Waals surface area contributed by atoms with Crippen LogP contribution in [0.4, 0.5) is 20.0 Å². The first-order chi connectivity index (χ1) is 13.0. The molecule has 0 saturated carbocycles. The van der Waals surface area contributed by atoms with Crippen molar-refractivity contribution in [3.05, 3.63) is 40.2 Å². The van der Waals surface area contributed by atoms with Crippen LogP contribution in [0.3, 0.4) is 0 Å². The van der Waals surface area contributed by atoms with Crippen molar-refractivity contribution in [2.45, 2.75) is 33.3 Å². The molecule has 1 heterocycles. The first kappa shape index (κ1) is 21.3. The number of ether oxygens (including phenoxy) is 1. The Morgan fingerprint density at radius 3 is 2.43 bits per heavy atom. The summed E-state index contributed by atoms with van der Waals surface area (Å²) in [5.41, 5.74) is -0.0976. The lowest BCUT2D eigenvalue weighted by molar-refractivity contribution is 0.0635. The first-order valence-electron chi connectivity index (χ1n) is 8.29. The van der Waals surface area contributed by atoms with E-state index in [1.165, 1.54) is 25.4 Å². The highest BCUT2D eigenvalue weighted by Gasteiger charge is 2.19. The highest BCUT2D eigenvalue weighted by atomic mass is 32.1. The number of anilines is 2. The number of amides is 3. The third-order valence-electron chi connectivity index (χ3n) is 3.37. The Labute approximate surface area is 165 Å². The van der Waals surface area contributed by atoms with Gasteiger partial charge in [0.1, 0.15) is 16.3 Å². The number of benzene rings is 1. The van der Waals surface area contributed by atoms with Gasteiger partial charge in [0.25, 0.3) is 11.8 Å². The molecule has 1 aromatic heterocycles. The maximum absolute atomic E-state index is 13.9. The van der Waals surface area contributed by atoms with Crippen LogP contribution in [-0.2, 0) is 4.74 Å². The molecule has 0 saturated heterocycles. The van der Waals surface area contributed by atoms with E-state index in [4.69, 9.17) is 4.74 Å². The van der Waals surface area contributed by atoms with Gasteiger partial charge in [-0.3, -0.25) is 14.9 Å². The summed E-state index contributed by atoms with van der Waals surface area (Å²) < 4.78 is 19.1. The van der Waals surface area contributed by atoms with Crippen molar-refractivity contribution in [2.75, 3.05) is 17.7 Å². The molecule has 0 aliphatic rings. The Hall–Kier alpha value is -3.01. The van der Waals surface area contributed by atoms with E-state index in [0.717, 1.165) is 11.3 Å². The number of nitrogens with one attached hydrogen (secondary N) is 3. The number of hydrogen-bond donors (Lipinski definition) is 3.